The van der Waals surface area contributed by atoms with Gasteiger partial charge in [0.1, 0.15) is 5.75 Å². The first-order valence-corrected chi connectivity index (χ1v) is 10.6. The van der Waals surface area contributed by atoms with Gasteiger partial charge in [-0.25, -0.2) is 0 Å². The third-order valence-corrected chi connectivity index (χ3v) is 5.17. The van der Waals surface area contributed by atoms with Crippen LogP contribution in [-0.4, -0.2) is 36.4 Å². The van der Waals surface area contributed by atoms with Crippen molar-refractivity contribution in [3.05, 3.63) is 59.7 Å². The molecular formula is C24H30N2O3. The Kier molecular flexibility index (Phi) is 7.68. The molecule has 1 saturated heterocycles. The predicted molar refractivity (Wildman–Crippen MR) is 116 cm³/mol. The minimum atomic E-state index is -0.219. The van der Waals surface area contributed by atoms with Gasteiger partial charge >= 0.3 is 0 Å². The molecule has 0 radical (unpaired) electrons. The van der Waals surface area contributed by atoms with Crippen molar-refractivity contribution in [3.63, 3.8) is 0 Å². The Labute approximate surface area is 173 Å². The maximum Gasteiger partial charge on any atom is 0.259 e. The van der Waals surface area contributed by atoms with Crippen molar-refractivity contribution in [2.45, 2.75) is 45.4 Å². The van der Waals surface area contributed by atoms with Crippen LogP contribution < -0.4 is 10.1 Å². The highest BCUT2D eigenvalue weighted by molar-refractivity contribution is 6.06. The van der Waals surface area contributed by atoms with E-state index >= 15 is 0 Å². The summed E-state index contributed by atoms with van der Waals surface area (Å²) in [5.41, 5.74) is 1.83. The lowest BCUT2D eigenvalue weighted by Crippen LogP contribution is -2.31. The lowest BCUT2D eigenvalue weighted by atomic mass is 10.1. The van der Waals surface area contributed by atoms with Crippen LogP contribution >= 0.6 is 0 Å². The van der Waals surface area contributed by atoms with Crippen molar-refractivity contribution in [2.75, 3.05) is 25.0 Å². The van der Waals surface area contributed by atoms with Crippen LogP contribution in [0.4, 0.5) is 5.69 Å². The summed E-state index contributed by atoms with van der Waals surface area (Å²) in [4.78, 5) is 27.3. The number of benzene rings is 2. The van der Waals surface area contributed by atoms with E-state index in [-0.39, 0.29) is 11.8 Å². The molecule has 2 amide bonds. The molecule has 0 atom stereocenters. The molecule has 29 heavy (non-hydrogen) atoms. The number of nitrogens with one attached hydrogen (secondary N) is 1. The molecule has 1 heterocycles. The zero-order valence-corrected chi connectivity index (χ0v) is 17.2. The topological polar surface area (TPSA) is 58.6 Å². The van der Waals surface area contributed by atoms with E-state index in [0.717, 1.165) is 38.8 Å². The van der Waals surface area contributed by atoms with Gasteiger partial charge in [0.05, 0.1) is 12.2 Å². The number of para-hydroxylation sites is 1. The van der Waals surface area contributed by atoms with Crippen LogP contribution in [0.15, 0.2) is 48.5 Å². The molecule has 1 aliphatic heterocycles. The van der Waals surface area contributed by atoms with Gasteiger partial charge in [0.25, 0.3) is 11.8 Å². The number of unbranched alkanes of at least 4 members (excludes halogenated alkanes) is 1. The Morgan fingerprint density at radius 3 is 2.34 bits per heavy atom. The summed E-state index contributed by atoms with van der Waals surface area (Å²) >= 11 is 0. The summed E-state index contributed by atoms with van der Waals surface area (Å²) in [6.45, 7) is 4.34. The molecule has 0 unspecified atom stereocenters. The monoisotopic (exact) mass is 394 g/mol. The van der Waals surface area contributed by atoms with Gasteiger partial charge in [0, 0.05) is 24.3 Å². The first-order valence-electron chi connectivity index (χ1n) is 10.6. The predicted octanol–water partition coefficient (Wildman–Crippen LogP) is 5.13. The van der Waals surface area contributed by atoms with Crippen molar-refractivity contribution >= 4 is 17.5 Å². The number of likely N-dealkylation sites (tertiary alicyclic amines) is 1. The Balaban J connectivity index is 1.64. The number of amides is 2. The van der Waals surface area contributed by atoms with Gasteiger partial charge in [0.15, 0.2) is 0 Å². The molecule has 3 rings (SSSR count). The number of carbonyl (C=O) groups excluding carboxylic acids is 2. The van der Waals surface area contributed by atoms with Crippen molar-refractivity contribution < 1.29 is 14.3 Å². The molecule has 154 valence electrons. The van der Waals surface area contributed by atoms with E-state index in [1.165, 1.54) is 12.8 Å². The minimum Gasteiger partial charge on any atom is -0.493 e. The molecule has 0 saturated carbocycles. The fourth-order valence-electron chi connectivity index (χ4n) is 3.46. The molecule has 1 N–H and O–H groups in total. The highest BCUT2D eigenvalue weighted by Gasteiger charge is 2.17. The zero-order chi connectivity index (χ0) is 20.5. The molecule has 1 aliphatic rings. The van der Waals surface area contributed by atoms with Gasteiger partial charge in [-0.2, -0.15) is 0 Å². The highest BCUT2D eigenvalue weighted by Crippen LogP contribution is 2.21. The quantitative estimate of drug-likeness (QED) is 0.662. The van der Waals surface area contributed by atoms with Crippen LogP contribution in [0.25, 0.3) is 0 Å². The van der Waals surface area contributed by atoms with E-state index in [1.54, 1.807) is 30.3 Å². The van der Waals surface area contributed by atoms with Crippen LogP contribution in [0, 0.1) is 0 Å². The van der Waals surface area contributed by atoms with E-state index in [4.69, 9.17) is 4.74 Å². The van der Waals surface area contributed by atoms with Gasteiger partial charge in [-0.1, -0.05) is 38.3 Å². The van der Waals surface area contributed by atoms with E-state index < -0.39 is 0 Å². The Bertz CT molecular complexity index is 809. The standard InChI is InChI=1S/C24H30N2O3/c1-2-3-18-29-22-11-7-6-10-21(22)23(27)25-20-14-12-19(13-15-20)24(28)26-16-8-4-5-9-17-26/h6-7,10-15H,2-5,8-9,16-18H2,1H3,(H,25,27). The highest BCUT2D eigenvalue weighted by atomic mass is 16.5. The molecule has 0 aliphatic carbocycles. The van der Waals surface area contributed by atoms with E-state index in [0.29, 0.717) is 29.2 Å². The molecule has 0 bridgehead atoms. The molecule has 2 aromatic carbocycles. The van der Waals surface area contributed by atoms with Gasteiger partial charge in [0.2, 0.25) is 0 Å². The average molecular weight is 395 g/mol. The number of rotatable bonds is 7. The number of hydrogen-bond acceptors (Lipinski definition) is 3. The van der Waals surface area contributed by atoms with Crippen LogP contribution in [-0.2, 0) is 0 Å². The number of carbonyl (C=O) groups is 2. The van der Waals surface area contributed by atoms with Crippen LogP contribution in [0.2, 0.25) is 0 Å². The van der Waals surface area contributed by atoms with Crippen LogP contribution in [0.1, 0.15) is 66.2 Å². The number of ether oxygens (including phenoxy) is 1. The Morgan fingerprint density at radius 1 is 0.966 bits per heavy atom. The van der Waals surface area contributed by atoms with Crippen LogP contribution in [0.3, 0.4) is 0 Å². The number of nitrogens with zero attached hydrogens (tertiary/aromatic N) is 1. The van der Waals surface area contributed by atoms with Crippen molar-refractivity contribution in [2.24, 2.45) is 0 Å². The largest absolute Gasteiger partial charge is 0.493 e. The molecule has 0 spiro atoms. The second-order valence-electron chi connectivity index (χ2n) is 7.44. The summed E-state index contributed by atoms with van der Waals surface area (Å²) in [6, 6.07) is 14.4. The van der Waals surface area contributed by atoms with Gasteiger partial charge in [-0.3, -0.25) is 9.59 Å². The van der Waals surface area contributed by atoms with Gasteiger partial charge in [-0.05, 0) is 55.7 Å². The summed E-state index contributed by atoms with van der Waals surface area (Å²) < 4.78 is 5.75. The molecule has 5 nitrogen and oxygen atoms in total. The second-order valence-corrected chi connectivity index (χ2v) is 7.44. The van der Waals surface area contributed by atoms with Gasteiger partial charge in [-0.15, -0.1) is 0 Å². The van der Waals surface area contributed by atoms with E-state index in [9.17, 15) is 9.59 Å². The van der Waals surface area contributed by atoms with Crippen molar-refractivity contribution in [3.8, 4) is 5.75 Å². The Morgan fingerprint density at radius 2 is 1.66 bits per heavy atom. The van der Waals surface area contributed by atoms with Crippen molar-refractivity contribution in [1.29, 1.82) is 0 Å². The lowest BCUT2D eigenvalue weighted by molar-refractivity contribution is 0.0761. The van der Waals surface area contributed by atoms with Crippen LogP contribution in [0.5, 0.6) is 5.75 Å². The first kappa shape index (κ1) is 20.9. The van der Waals surface area contributed by atoms with Gasteiger partial charge < -0.3 is 15.0 Å². The zero-order valence-electron chi connectivity index (χ0n) is 17.2. The second kappa shape index (κ2) is 10.6. The molecule has 1 fully saturated rings. The molecular weight excluding hydrogens is 364 g/mol. The number of hydrogen-bond donors (Lipinski definition) is 1. The van der Waals surface area contributed by atoms with E-state index in [1.807, 2.05) is 23.1 Å². The minimum absolute atomic E-state index is 0.0689. The number of anilines is 1. The lowest BCUT2D eigenvalue weighted by Gasteiger charge is -2.20. The summed E-state index contributed by atoms with van der Waals surface area (Å²) in [5, 5.41) is 2.90. The fraction of sp³-hybridized carbons (Fsp3) is 0.417. The summed E-state index contributed by atoms with van der Waals surface area (Å²) in [7, 11) is 0. The molecule has 2 aromatic rings. The third-order valence-electron chi connectivity index (χ3n) is 5.17. The third kappa shape index (κ3) is 5.83. The normalized spacial score (nSPS) is 14.2. The SMILES string of the molecule is CCCCOc1ccccc1C(=O)Nc1ccc(C(=O)N2CCCCCC2)cc1. The summed E-state index contributed by atoms with van der Waals surface area (Å²) in [5.74, 6) is 0.439. The Hall–Kier alpha value is -2.82. The first-order chi connectivity index (χ1) is 14.2. The maximum absolute atomic E-state index is 12.7. The fourth-order valence-corrected chi connectivity index (χ4v) is 3.46. The molecule has 0 aromatic heterocycles. The maximum atomic E-state index is 12.7. The summed E-state index contributed by atoms with van der Waals surface area (Å²) in [6.07, 6.45) is 6.51. The van der Waals surface area contributed by atoms with E-state index in [2.05, 4.69) is 12.2 Å². The molecule has 5 heteroatoms. The smallest absolute Gasteiger partial charge is 0.259 e. The van der Waals surface area contributed by atoms with Crippen molar-refractivity contribution in [1.82, 2.24) is 4.90 Å². The average Bonchev–Trinajstić information content (AvgIpc) is 3.04.